The van der Waals surface area contributed by atoms with Crippen molar-refractivity contribution in [1.29, 1.82) is 0 Å². The van der Waals surface area contributed by atoms with E-state index in [-0.39, 0.29) is 5.41 Å². The van der Waals surface area contributed by atoms with Crippen LogP contribution in [0.3, 0.4) is 0 Å². The number of ketones is 1. The third-order valence-electron chi connectivity index (χ3n) is 3.70. The molecule has 0 spiro atoms. The molecule has 15 heavy (non-hydrogen) atoms. The number of hydrogen-bond donors (Lipinski definition) is 0. The third kappa shape index (κ3) is 2.70. The molecule has 0 aromatic rings. The summed E-state index contributed by atoms with van der Waals surface area (Å²) in [4.78, 5) is 12.3. The van der Waals surface area contributed by atoms with Crippen LogP contribution in [0.5, 0.6) is 0 Å². The average Bonchev–Trinajstić information content (AvgIpc) is 2.41. The van der Waals surface area contributed by atoms with Crippen LogP contribution in [0.1, 0.15) is 53.9 Å². The zero-order valence-electron chi connectivity index (χ0n) is 10.8. The lowest BCUT2D eigenvalue weighted by atomic mass is 9.80. The maximum atomic E-state index is 12.3. The van der Waals surface area contributed by atoms with Crippen LogP contribution < -0.4 is 0 Å². The van der Waals surface area contributed by atoms with Crippen LogP contribution in [0.25, 0.3) is 0 Å². The summed E-state index contributed by atoms with van der Waals surface area (Å²) in [6.07, 6.45) is 5.29. The first-order valence-electron chi connectivity index (χ1n) is 6.04. The van der Waals surface area contributed by atoms with Crippen LogP contribution >= 0.6 is 0 Å². The predicted octanol–water partition coefficient (Wildman–Crippen LogP) is 3.98. The van der Waals surface area contributed by atoms with Crippen molar-refractivity contribution in [2.24, 2.45) is 17.3 Å². The molecule has 1 saturated carbocycles. The Hall–Kier alpha value is -0.590. The van der Waals surface area contributed by atoms with Crippen LogP contribution in [0, 0.1) is 17.3 Å². The third-order valence-corrected chi connectivity index (χ3v) is 3.70. The lowest BCUT2D eigenvalue weighted by Gasteiger charge is -2.22. The fourth-order valence-corrected chi connectivity index (χ4v) is 2.44. The zero-order chi connectivity index (χ0) is 11.6. The summed E-state index contributed by atoms with van der Waals surface area (Å²) >= 11 is 0. The molecule has 1 heteroatoms. The number of hydrogen-bond acceptors (Lipinski definition) is 1. The molecular weight excluding hydrogens is 184 g/mol. The van der Waals surface area contributed by atoms with Crippen molar-refractivity contribution in [3.63, 3.8) is 0 Å². The Morgan fingerprint density at radius 2 is 2.13 bits per heavy atom. The van der Waals surface area contributed by atoms with Crippen molar-refractivity contribution in [2.75, 3.05) is 0 Å². The quantitative estimate of drug-likeness (QED) is 0.641. The van der Waals surface area contributed by atoms with Gasteiger partial charge in [0.15, 0.2) is 0 Å². The van der Waals surface area contributed by atoms with Gasteiger partial charge in [-0.15, -0.1) is 0 Å². The molecule has 1 aliphatic carbocycles. The van der Waals surface area contributed by atoms with Gasteiger partial charge < -0.3 is 0 Å². The van der Waals surface area contributed by atoms with Crippen molar-refractivity contribution < 1.29 is 4.79 Å². The van der Waals surface area contributed by atoms with Crippen LogP contribution in [0.15, 0.2) is 11.6 Å². The highest BCUT2D eigenvalue weighted by Gasteiger charge is 2.43. The van der Waals surface area contributed by atoms with Crippen molar-refractivity contribution in [3.05, 3.63) is 11.6 Å². The minimum atomic E-state index is -0.0772. The van der Waals surface area contributed by atoms with Gasteiger partial charge in [0.05, 0.1) is 0 Å². The van der Waals surface area contributed by atoms with Gasteiger partial charge in [0, 0.05) is 11.3 Å². The topological polar surface area (TPSA) is 17.1 Å². The molecule has 0 heterocycles. The van der Waals surface area contributed by atoms with E-state index in [4.69, 9.17) is 0 Å². The fraction of sp³-hybridized carbons (Fsp3) is 0.786. The molecular formula is C14H24O. The number of Topliss-reactive ketones (excluding diaryl/α,β-unsaturated/α-hetero) is 1. The molecule has 1 aliphatic rings. The maximum Gasteiger partial charge on any atom is 0.142 e. The second kappa shape index (κ2) is 4.51. The van der Waals surface area contributed by atoms with Crippen molar-refractivity contribution >= 4 is 5.78 Å². The molecule has 86 valence electrons. The molecule has 1 rings (SSSR count). The highest BCUT2D eigenvalue weighted by molar-refractivity contribution is 5.89. The van der Waals surface area contributed by atoms with E-state index in [0.29, 0.717) is 17.6 Å². The fourth-order valence-electron chi connectivity index (χ4n) is 2.44. The van der Waals surface area contributed by atoms with E-state index in [0.717, 1.165) is 19.3 Å². The van der Waals surface area contributed by atoms with Gasteiger partial charge in [-0.1, -0.05) is 32.4 Å². The van der Waals surface area contributed by atoms with Crippen LogP contribution in [0.2, 0.25) is 0 Å². The van der Waals surface area contributed by atoms with Gasteiger partial charge >= 0.3 is 0 Å². The number of carbonyl (C=O) groups excluding carboxylic acids is 1. The van der Waals surface area contributed by atoms with Crippen molar-refractivity contribution in [3.8, 4) is 0 Å². The minimum absolute atomic E-state index is 0.0772. The molecule has 1 nitrogen and oxygen atoms in total. The van der Waals surface area contributed by atoms with E-state index < -0.39 is 0 Å². The number of rotatable bonds is 3. The van der Waals surface area contributed by atoms with Crippen molar-refractivity contribution in [1.82, 2.24) is 0 Å². The molecule has 0 saturated heterocycles. The van der Waals surface area contributed by atoms with E-state index in [2.05, 4.69) is 40.7 Å². The first kappa shape index (κ1) is 12.5. The molecule has 0 aliphatic heterocycles. The van der Waals surface area contributed by atoms with E-state index in [1.807, 2.05) is 0 Å². The Balaban J connectivity index is 2.72. The highest BCUT2D eigenvalue weighted by Crippen LogP contribution is 2.43. The van der Waals surface area contributed by atoms with E-state index in [1.54, 1.807) is 0 Å². The molecule has 0 aromatic heterocycles. The van der Waals surface area contributed by atoms with E-state index in [1.165, 1.54) is 5.57 Å². The summed E-state index contributed by atoms with van der Waals surface area (Å²) in [6.45, 7) is 10.7. The number of carbonyl (C=O) groups is 1. The van der Waals surface area contributed by atoms with Gasteiger partial charge in [-0.05, 0) is 39.0 Å². The molecule has 0 aromatic carbocycles. The average molecular weight is 208 g/mol. The maximum absolute atomic E-state index is 12.3. The van der Waals surface area contributed by atoms with E-state index in [9.17, 15) is 4.79 Å². The SMILES string of the molecule is CC(C)=CC[C@@]1(C)CCC(C(C)C)C1=O. The first-order chi connectivity index (χ1) is 6.87. The Labute approximate surface area is 93.9 Å². The van der Waals surface area contributed by atoms with Crippen LogP contribution in [-0.2, 0) is 4.79 Å². The Bertz CT molecular complexity index is 271. The molecule has 0 amide bonds. The van der Waals surface area contributed by atoms with Crippen molar-refractivity contribution in [2.45, 2.75) is 53.9 Å². The van der Waals surface area contributed by atoms with E-state index >= 15 is 0 Å². The normalized spacial score (nSPS) is 31.1. The summed E-state index contributed by atoms with van der Waals surface area (Å²) in [5.74, 6) is 1.31. The molecule has 0 bridgehead atoms. The molecule has 0 N–H and O–H groups in total. The lowest BCUT2D eigenvalue weighted by Crippen LogP contribution is -2.27. The van der Waals surface area contributed by atoms with Gasteiger partial charge in [0.1, 0.15) is 5.78 Å². The Kier molecular flexibility index (Phi) is 3.75. The van der Waals surface area contributed by atoms with Gasteiger partial charge in [0.2, 0.25) is 0 Å². The van der Waals surface area contributed by atoms with Gasteiger partial charge in [-0.25, -0.2) is 0 Å². The lowest BCUT2D eigenvalue weighted by molar-refractivity contribution is -0.129. The molecule has 2 atom stereocenters. The smallest absolute Gasteiger partial charge is 0.142 e. The Morgan fingerprint density at radius 3 is 2.53 bits per heavy atom. The summed E-state index contributed by atoms with van der Waals surface area (Å²) in [7, 11) is 0. The zero-order valence-corrected chi connectivity index (χ0v) is 10.8. The number of allylic oxidation sites excluding steroid dienone is 2. The predicted molar refractivity (Wildman–Crippen MR) is 64.7 cm³/mol. The monoisotopic (exact) mass is 208 g/mol. The summed E-state index contributed by atoms with van der Waals surface area (Å²) in [6, 6.07) is 0. The van der Waals surface area contributed by atoms with Crippen LogP contribution in [-0.4, -0.2) is 5.78 Å². The second-order valence-corrected chi connectivity index (χ2v) is 5.80. The molecule has 1 fully saturated rings. The second-order valence-electron chi connectivity index (χ2n) is 5.80. The molecule has 0 radical (unpaired) electrons. The van der Waals surface area contributed by atoms with Crippen LogP contribution in [0.4, 0.5) is 0 Å². The Morgan fingerprint density at radius 1 is 1.53 bits per heavy atom. The largest absolute Gasteiger partial charge is 0.299 e. The standard InChI is InChI=1S/C14H24O/c1-10(2)6-8-14(5)9-7-12(11(3)4)13(14)15/h6,11-12H,7-9H2,1-5H3/t12?,14-/m0/s1. The minimum Gasteiger partial charge on any atom is -0.299 e. The summed E-state index contributed by atoms with van der Waals surface area (Å²) < 4.78 is 0. The van der Waals surface area contributed by atoms with Gasteiger partial charge in [-0.3, -0.25) is 4.79 Å². The highest BCUT2D eigenvalue weighted by atomic mass is 16.1. The van der Waals surface area contributed by atoms with Gasteiger partial charge in [0.25, 0.3) is 0 Å². The molecule has 1 unspecified atom stereocenters. The first-order valence-corrected chi connectivity index (χ1v) is 6.04. The summed E-state index contributed by atoms with van der Waals surface area (Å²) in [5.41, 5.74) is 1.24. The summed E-state index contributed by atoms with van der Waals surface area (Å²) in [5, 5.41) is 0. The van der Waals surface area contributed by atoms with Gasteiger partial charge in [-0.2, -0.15) is 0 Å².